The van der Waals surface area contributed by atoms with Crippen molar-refractivity contribution in [2.75, 3.05) is 19.6 Å². The summed E-state index contributed by atoms with van der Waals surface area (Å²) in [5, 5.41) is 6.97. The highest BCUT2D eigenvalue weighted by atomic mass is 19.1. The molecule has 3 rings (SSSR count). The van der Waals surface area contributed by atoms with Crippen LogP contribution in [0.5, 0.6) is 0 Å². The van der Waals surface area contributed by atoms with Gasteiger partial charge in [-0.3, -0.25) is 14.4 Å². The minimum absolute atomic E-state index is 0.0144. The molecule has 5 nitrogen and oxygen atoms in total. The largest absolute Gasteiger partial charge is 0.355 e. The molecule has 1 aromatic carbocycles. The number of likely N-dealkylation sites (tertiary alicyclic amines) is 1. The average Bonchev–Trinajstić information content (AvgIpc) is 3.23. The van der Waals surface area contributed by atoms with Crippen molar-refractivity contribution in [2.24, 2.45) is 0 Å². The lowest BCUT2D eigenvalue weighted by Gasteiger charge is -2.23. The van der Waals surface area contributed by atoms with Gasteiger partial charge < -0.3 is 5.32 Å². The Morgan fingerprint density at radius 1 is 1.28 bits per heavy atom. The molecular formula is C18H22F2N4O. The van der Waals surface area contributed by atoms with Gasteiger partial charge in [0.15, 0.2) is 0 Å². The fourth-order valence-corrected chi connectivity index (χ4v) is 3.27. The molecule has 134 valence electrons. The molecule has 1 fully saturated rings. The molecule has 1 aliphatic heterocycles. The average molecular weight is 348 g/mol. The molecule has 1 atom stereocenters. The van der Waals surface area contributed by atoms with E-state index < -0.39 is 11.6 Å². The number of carbonyl (C=O) groups is 1. The molecule has 0 unspecified atom stereocenters. The second kappa shape index (κ2) is 8.20. The van der Waals surface area contributed by atoms with Crippen LogP contribution < -0.4 is 5.32 Å². The van der Waals surface area contributed by atoms with Crippen LogP contribution in [-0.2, 0) is 17.8 Å². The zero-order valence-corrected chi connectivity index (χ0v) is 14.0. The molecule has 1 aromatic heterocycles. The standard InChI is InChI=1S/C18H22F2N4O/c19-16-5-1-6-17(20)15(16)7-9-21-18(25)13-23-10-2-4-14(23)12-24-11-3-8-22-24/h1,3,5-6,8,11,14H,2,4,7,9-10,12-13H2,(H,21,25)/t14-/m1/s1. The van der Waals surface area contributed by atoms with Crippen LogP contribution in [0.25, 0.3) is 0 Å². The number of amides is 1. The van der Waals surface area contributed by atoms with E-state index in [1.54, 1.807) is 6.20 Å². The van der Waals surface area contributed by atoms with Crippen molar-refractivity contribution in [3.8, 4) is 0 Å². The Labute approximate surface area is 145 Å². The van der Waals surface area contributed by atoms with E-state index in [1.807, 2.05) is 16.9 Å². The number of halogens is 2. The quantitative estimate of drug-likeness (QED) is 0.832. The Kier molecular flexibility index (Phi) is 5.75. The summed E-state index contributed by atoms with van der Waals surface area (Å²) in [6.07, 6.45) is 5.89. The molecule has 1 saturated heterocycles. The molecule has 0 spiro atoms. The summed E-state index contributed by atoms with van der Waals surface area (Å²) in [6, 6.07) is 5.96. The van der Waals surface area contributed by atoms with Gasteiger partial charge >= 0.3 is 0 Å². The summed E-state index contributed by atoms with van der Waals surface area (Å²) < 4.78 is 29.0. The molecule has 0 saturated carbocycles. The van der Waals surface area contributed by atoms with Crippen molar-refractivity contribution in [2.45, 2.75) is 31.8 Å². The SMILES string of the molecule is O=C(CN1CCC[C@@H]1Cn1cccn1)NCCc1c(F)cccc1F. The van der Waals surface area contributed by atoms with Crippen LogP contribution >= 0.6 is 0 Å². The topological polar surface area (TPSA) is 50.2 Å². The third-order valence-corrected chi connectivity index (χ3v) is 4.56. The number of benzene rings is 1. The third kappa shape index (κ3) is 4.63. The molecule has 1 aliphatic rings. The van der Waals surface area contributed by atoms with Gasteiger partial charge in [0.05, 0.1) is 13.1 Å². The van der Waals surface area contributed by atoms with E-state index in [4.69, 9.17) is 0 Å². The number of hydrogen-bond acceptors (Lipinski definition) is 3. The monoisotopic (exact) mass is 348 g/mol. The number of nitrogens with zero attached hydrogens (tertiary/aromatic N) is 3. The van der Waals surface area contributed by atoms with Crippen LogP contribution in [0, 0.1) is 11.6 Å². The molecule has 0 radical (unpaired) electrons. The molecule has 2 heterocycles. The summed E-state index contributed by atoms with van der Waals surface area (Å²) in [5.41, 5.74) is 0.0144. The van der Waals surface area contributed by atoms with Crippen LogP contribution in [0.15, 0.2) is 36.7 Å². The number of nitrogens with one attached hydrogen (secondary N) is 1. The van der Waals surface area contributed by atoms with E-state index in [-0.39, 0.29) is 30.5 Å². The fraction of sp³-hybridized carbons (Fsp3) is 0.444. The number of hydrogen-bond donors (Lipinski definition) is 1. The van der Waals surface area contributed by atoms with E-state index in [9.17, 15) is 13.6 Å². The lowest BCUT2D eigenvalue weighted by atomic mass is 10.1. The Balaban J connectivity index is 1.45. The van der Waals surface area contributed by atoms with E-state index in [0.717, 1.165) is 25.9 Å². The summed E-state index contributed by atoms with van der Waals surface area (Å²) in [7, 11) is 0. The Hall–Kier alpha value is -2.28. The molecule has 2 aromatic rings. The molecule has 7 heteroatoms. The zero-order valence-electron chi connectivity index (χ0n) is 14.0. The number of rotatable bonds is 7. The maximum atomic E-state index is 13.6. The zero-order chi connectivity index (χ0) is 17.6. The minimum atomic E-state index is -0.576. The summed E-state index contributed by atoms with van der Waals surface area (Å²) in [4.78, 5) is 14.3. The van der Waals surface area contributed by atoms with Gasteiger partial charge in [-0.05, 0) is 44.0 Å². The summed E-state index contributed by atoms with van der Waals surface area (Å²) >= 11 is 0. The number of aromatic nitrogens is 2. The predicted molar refractivity (Wildman–Crippen MR) is 89.9 cm³/mol. The highest BCUT2D eigenvalue weighted by molar-refractivity contribution is 5.78. The maximum absolute atomic E-state index is 13.6. The van der Waals surface area contributed by atoms with E-state index >= 15 is 0 Å². The van der Waals surface area contributed by atoms with Crippen molar-refractivity contribution in [1.29, 1.82) is 0 Å². The molecular weight excluding hydrogens is 326 g/mol. The van der Waals surface area contributed by atoms with Crippen molar-refractivity contribution < 1.29 is 13.6 Å². The molecule has 1 amide bonds. The first kappa shape index (κ1) is 17.5. The van der Waals surface area contributed by atoms with Crippen molar-refractivity contribution >= 4 is 5.91 Å². The minimum Gasteiger partial charge on any atom is -0.355 e. The molecule has 0 aliphatic carbocycles. The van der Waals surface area contributed by atoms with Gasteiger partial charge in [-0.15, -0.1) is 0 Å². The molecule has 25 heavy (non-hydrogen) atoms. The van der Waals surface area contributed by atoms with Crippen LogP contribution in [0.1, 0.15) is 18.4 Å². The second-order valence-corrected chi connectivity index (χ2v) is 6.29. The lowest BCUT2D eigenvalue weighted by molar-refractivity contribution is -0.122. The molecule has 0 bridgehead atoms. The first-order chi connectivity index (χ1) is 12.1. The number of carbonyl (C=O) groups excluding carboxylic acids is 1. The van der Waals surface area contributed by atoms with Gasteiger partial charge in [0.25, 0.3) is 0 Å². The molecule has 1 N–H and O–H groups in total. The second-order valence-electron chi connectivity index (χ2n) is 6.29. The van der Waals surface area contributed by atoms with Gasteiger partial charge in [0, 0.05) is 30.5 Å². The van der Waals surface area contributed by atoms with Crippen LogP contribution in [0.3, 0.4) is 0 Å². The maximum Gasteiger partial charge on any atom is 0.234 e. The Morgan fingerprint density at radius 3 is 2.80 bits per heavy atom. The van der Waals surface area contributed by atoms with Crippen molar-refractivity contribution in [3.63, 3.8) is 0 Å². The lowest BCUT2D eigenvalue weighted by Crippen LogP contribution is -2.41. The van der Waals surface area contributed by atoms with Gasteiger partial charge in [0.2, 0.25) is 5.91 Å². The first-order valence-electron chi connectivity index (χ1n) is 8.54. The van der Waals surface area contributed by atoms with Crippen LogP contribution in [0.2, 0.25) is 0 Å². The van der Waals surface area contributed by atoms with E-state index in [2.05, 4.69) is 15.3 Å². The normalized spacial score (nSPS) is 17.8. The van der Waals surface area contributed by atoms with Crippen molar-refractivity contribution in [1.82, 2.24) is 20.0 Å². The van der Waals surface area contributed by atoms with Crippen LogP contribution in [0.4, 0.5) is 8.78 Å². The van der Waals surface area contributed by atoms with E-state index in [0.29, 0.717) is 6.54 Å². The highest BCUT2D eigenvalue weighted by Crippen LogP contribution is 2.18. The van der Waals surface area contributed by atoms with Crippen molar-refractivity contribution in [3.05, 3.63) is 53.9 Å². The van der Waals surface area contributed by atoms with Gasteiger partial charge in [-0.1, -0.05) is 6.07 Å². The summed E-state index contributed by atoms with van der Waals surface area (Å²) in [6.45, 7) is 2.15. The third-order valence-electron chi connectivity index (χ3n) is 4.56. The smallest absolute Gasteiger partial charge is 0.234 e. The Bertz CT molecular complexity index is 685. The van der Waals surface area contributed by atoms with Crippen LogP contribution in [-0.4, -0.2) is 46.3 Å². The Morgan fingerprint density at radius 2 is 2.08 bits per heavy atom. The first-order valence-corrected chi connectivity index (χ1v) is 8.54. The summed E-state index contributed by atoms with van der Waals surface area (Å²) in [5.74, 6) is -1.27. The predicted octanol–water partition coefficient (Wildman–Crippen LogP) is 1.98. The van der Waals surface area contributed by atoms with Gasteiger partial charge in [-0.25, -0.2) is 8.78 Å². The van der Waals surface area contributed by atoms with Gasteiger partial charge in [0.1, 0.15) is 11.6 Å². The highest BCUT2D eigenvalue weighted by Gasteiger charge is 2.26. The van der Waals surface area contributed by atoms with E-state index in [1.165, 1.54) is 18.2 Å². The fourth-order valence-electron chi connectivity index (χ4n) is 3.27. The van der Waals surface area contributed by atoms with Gasteiger partial charge in [-0.2, -0.15) is 5.10 Å².